The molecule has 2 fully saturated rings. The number of aromatic nitrogens is 1. The Balaban J connectivity index is 1.70. The van der Waals surface area contributed by atoms with E-state index in [9.17, 15) is 0 Å². The Morgan fingerprint density at radius 2 is 2.35 bits per heavy atom. The third kappa shape index (κ3) is 1.59. The van der Waals surface area contributed by atoms with Gasteiger partial charge < -0.3 is 15.0 Å². The lowest BCUT2D eigenvalue weighted by Gasteiger charge is -2.40. The quantitative estimate of drug-likeness (QED) is 0.786. The summed E-state index contributed by atoms with van der Waals surface area (Å²) in [6.45, 7) is 3.88. The molecule has 0 radical (unpaired) electrons. The van der Waals surface area contributed by atoms with Gasteiger partial charge in [0, 0.05) is 25.8 Å². The van der Waals surface area contributed by atoms with Crippen LogP contribution in [0.15, 0.2) is 12.3 Å². The zero-order valence-electron chi connectivity index (χ0n) is 9.85. The zero-order valence-corrected chi connectivity index (χ0v) is 9.85. The van der Waals surface area contributed by atoms with Crippen molar-refractivity contribution in [2.75, 3.05) is 31.1 Å². The second kappa shape index (κ2) is 3.60. The van der Waals surface area contributed by atoms with Crippen LogP contribution in [0.2, 0.25) is 0 Å². The van der Waals surface area contributed by atoms with Crippen LogP contribution in [0.4, 0.5) is 5.82 Å². The van der Waals surface area contributed by atoms with E-state index in [1.807, 2.05) is 6.20 Å². The average Bonchev–Trinajstić information content (AvgIpc) is 3.22. The van der Waals surface area contributed by atoms with Crippen LogP contribution in [0.25, 0.3) is 0 Å². The minimum absolute atomic E-state index is 0.454. The van der Waals surface area contributed by atoms with Crippen LogP contribution in [0, 0.1) is 0 Å². The number of ether oxygens (including phenoxy) is 1. The fourth-order valence-electron chi connectivity index (χ4n) is 2.79. The number of nitrogens with one attached hydrogen (secondary N) is 1. The van der Waals surface area contributed by atoms with Gasteiger partial charge in [-0.2, -0.15) is 0 Å². The number of piperazine rings is 1. The molecule has 1 N–H and O–H groups in total. The molecule has 4 heteroatoms. The monoisotopic (exact) mass is 231 g/mol. The highest BCUT2D eigenvalue weighted by molar-refractivity contribution is 5.57. The van der Waals surface area contributed by atoms with E-state index in [1.165, 1.54) is 18.4 Å². The molecule has 4 rings (SSSR count). The van der Waals surface area contributed by atoms with Gasteiger partial charge in [-0.15, -0.1) is 0 Å². The van der Waals surface area contributed by atoms with Gasteiger partial charge in [-0.3, -0.25) is 0 Å². The molecule has 1 atom stereocenters. The summed E-state index contributed by atoms with van der Waals surface area (Å²) in [5.41, 5.74) is 1.36. The normalized spacial score (nSPS) is 27.1. The molecule has 1 saturated heterocycles. The molecule has 3 heterocycles. The maximum Gasteiger partial charge on any atom is 0.171 e. The summed E-state index contributed by atoms with van der Waals surface area (Å²) < 4.78 is 5.87. The van der Waals surface area contributed by atoms with Crippen LogP contribution < -0.4 is 15.0 Å². The minimum Gasteiger partial charge on any atom is -0.487 e. The molecular formula is C13H17N3O. The first-order valence-electron chi connectivity index (χ1n) is 6.52. The molecular weight excluding hydrogens is 214 g/mol. The Morgan fingerprint density at radius 3 is 3.24 bits per heavy atom. The number of hydrogen-bond acceptors (Lipinski definition) is 4. The molecule has 17 heavy (non-hydrogen) atoms. The lowest BCUT2D eigenvalue weighted by molar-refractivity contribution is 0.244. The summed E-state index contributed by atoms with van der Waals surface area (Å²) in [6.07, 6.45) is 4.68. The van der Waals surface area contributed by atoms with E-state index in [2.05, 4.69) is 21.3 Å². The SMILES string of the molecule is c1nc2c(cc1C1CC1)OCC1CNCCN21. The zero-order chi connectivity index (χ0) is 11.2. The van der Waals surface area contributed by atoms with Gasteiger partial charge in [-0.1, -0.05) is 0 Å². The van der Waals surface area contributed by atoms with Crippen LogP contribution >= 0.6 is 0 Å². The maximum absolute atomic E-state index is 5.87. The van der Waals surface area contributed by atoms with E-state index in [1.54, 1.807) is 0 Å². The van der Waals surface area contributed by atoms with Gasteiger partial charge in [0.2, 0.25) is 0 Å². The lowest BCUT2D eigenvalue weighted by Crippen LogP contribution is -2.56. The highest BCUT2D eigenvalue weighted by Crippen LogP contribution is 2.43. The number of rotatable bonds is 1. The van der Waals surface area contributed by atoms with E-state index < -0.39 is 0 Å². The second-order valence-corrected chi connectivity index (χ2v) is 5.23. The molecule has 1 aliphatic carbocycles. The Kier molecular flexibility index (Phi) is 2.06. The Hall–Kier alpha value is -1.29. The predicted molar refractivity (Wildman–Crippen MR) is 65.7 cm³/mol. The first kappa shape index (κ1) is 9.71. The van der Waals surface area contributed by atoms with Gasteiger partial charge in [0.25, 0.3) is 0 Å². The van der Waals surface area contributed by atoms with Gasteiger partial charge in [-0.25, -0.2) is 4.98 Å². The third-order valence-electron chi connectivity index (χ3n) is 3.96. The van der Waals surface area contributed by atoms with Crippen molar-refractivity contribution in [1.29, 1.82) is 0 Å². The van der Waals surface area contributed by atoms with Crippen molar-refractivity contribution >= 4 is 5.82 Å². The molecule has 1 aromatic heterocycles. The van der Waals surface area contributed by atoms with E-state index in [-0.39, 0.29) is 0 Å². The van der Waals surface area contributed by atoms with Gasteiger partial charge in [0.15, 0.2) is 11.6 Å². The topological polar surface area (TPSA) is 37.4 Å². The molecule has 0 amide bonds. The highest BCUT2D eigenvalue weighted by atomic mass is 16.5. The number of hydrogen-bond donors (Lipinski definition) is 1. The number of nitrogens with zero attached hydrogens (tertiary/aromatic N) is 2. The first-order valence-corrected chi connectivity index (χ1v) is 6.52. The standard InChI is InChI=1S/C13H17N3O/c1-2-9(1)10-5-12-13(15-6-10)16-4-3-14-7-11(16)8-17-12/h5-6,9,11,14H,1-4,7-8H2. The third-order valence-corrected chi connectivity index (χ3v) is 3.96. The molecule has 90 valence electrons. The summed E-state index contributed by atoms with van der Waals surface area (Å²) in [6, 6.07) is 2.66. The van der Waals surface area contributed by atoms with Crippen molar-refractivity contribution in [2.24, 2.45) is 0 Å². The Bertz CT molecular complexity index is 444. The van der Waals surface area contributed by atoms with E-state index >= 15 is 0 Å². The summed E-state index contributed by atoms with van der Waals surface area (Å²) in [5.74, 6) is 2.79. The number of fused-ring (bicyclic) bond motifs is 3. The molecule has 4 nitrogen and oxygen atoms in total. The first-order chi connectivity index (χ1) is 8.42. The summed E-state index contributed by atoms with van der Waals surface area (Å²) >= 11 is 0. The van der Waals surface area contributed by atoms with E-state index in [0.29, 0.717) is 6.04 Å². The summed E-state index contributed by atoms with van der Waals surface area (Å²) in [4.78, 5) is 7.03. The minimum atomic E-state index is 0.454. The number of anilines is 1. The van der Waals surface area contributed by atoms with Crippen LogP contribution in [-0.4, -0.2) is 37.3 Å². The van der Waals surface area contributed by atoms with Crippen LogP contribution in [0.3, 0.4) is 0 Å². The predicted octanol–water partition coefficient (Wildman–Crippen LogP) is 1.13. The maximum atomic E-state index is 5.87. The van der Waals surface area contributed by atoms with Crippen molar-refractivity contribution < 1.29 is 4.74 Å². The van der Waals surface area contributed by atoms with E-state index in [0.717, 1.165) is 43.7 Å². The van der Waals surface area contributed by atoms with Crippen molar-refractivity contribution in [3.8, 4) is 5.75 Å². The molecule has 1 saturated carbocycles. The molecule has 0 bridgehead atoms. The average molecular weight is 231 g/mol. The van der Waals surface area contributed by atoms with Gasteiger partial charge in [-0.05, 0) is 30.4 Å². The summed E-state index contributed by atoms with van der Waals surface area (Å²) in [7, 11) is 0. The molecule has 1 unspecified atom stereocenters. The molecule has 0 aromatic carbocycles. The van der Waals surface area contributed by atoms with Crippen LogP contribution in [-0.2, 0) is 0 Å². The Morgan fingerprint density at radius 1 is 1.41 bits per heavy atom. The molecule has 1 aromatic rings. The fourth-order valence-corrected chi connectivity index (χ4v) is 2.79. The van der Waals surface area contributed by atoms with Crippen molar-refractivity contribution in [2.45, 2.75) is 24.8 Å². The van der Waals surface area contributed by atoms with Crippen molar-refractivity contribution in [3.05, 3.63) is 17.8 Å². The second-order valence-electron chi connectivity index (χ2n) is 5.23. The summed E-state index contributed by atoms with van der Waals surface area (Å²) in [5, 5.41) is 3.40. The van der Waals surface area contributed by atoms with Crippen molar-refractivity contribution in [1.82, 2.24) is 10.3 Å². The highest BCUT2D eigenvalue weighted by Gasteiger charge is 2.32. The van der Waals surface area contributed by atoms with Gasteiger partial charge in [0.05, 0.1) is 6.04 Å². The molecule has 3 aliphatic rings. The van der Waals surface area contributed by atoms with Crippen molar-refractivity contribution in [3.63, 3.8) is 0 Å². The molecule has 0 spiro atoms. The smallest absolute Gasteiger partial charge is 0.171 e. The Labute approximate surface area is 101 Å². The van der Waals surface area contributed by atoms with Crippen LogP contribution in [0.5, 0.6) is 5.75 Å². The number of pyridine rings is 1. The van der Waals surface area contributed by atoms with Gasteiger partial charge in [0.1, 0.15) is 6.61 Å². The largest absolute Gasteiger partial charge is 0.487 e. The molecule has 2 aliphatic heterocycles. The lowest BCUT2D eigenvalue weighted by atomic mass is 10.1. The van der Waals surface area contributed by atoms with E-state index in [4.69, 9.17) is 4.74 Å². The van der Waals surface area contributed by atoms with Gasteiger partial charge >= 0.3 is 0 Å². The van der Waals surface area contributed by atoms with Crippen LogP contribution in [0.1, 0.15) is 24.3 Å². The fraction of sp³-hybridized carbons (Fsp3) is 0.615.